The van der Waals surface area contributed by atoms with E-state index in [4.69, 9.17) is 4.11 Å². The zero-order valence-corrected chi connectivity index (χ0v) is 10.8. The van der Waals surface area contributed by atoms with E-state index in [2.05, 4.69) is 0 Å². The summed E-state index contributed by atoms with van der Waals surface area (Å²) in [5, 5.41) is 0. The van der Waals surface area contributed by atoms with Crippen molar-refractivity contribution < 1.29 is 12.5 Å². The van der Waals surface area contributed by atoms with Crippen molar-refractivity contribution in [2.75, 3.05) is 12.0 Å². The third-order valence-corrected chi connectivity index (χ3v) is 2.51. The highest BCUT2D eigenvalue weighted by molar-refractivity contribution is 7.90. The van der Waals surface area contributed by atoms with Gasteiger partial charge in [-0.2, -0.15) is 0 Å². The van der Waals surface area contributed by atoms with Crippen molar-refractivity contribution in [2.45, 2.75) is 41.5 Å². The molecule has 0 aliphatic carbocycles. The smallest absolute Gasteiger partial charge is 0.147 e. The Labute approximate surface area is 93.2 Å². The molecule has 0 saturated carbocycles. The Morgan fingerprint density at radius 2 is 1.57 bits per heavy atom. The highest BCUT2D eigenvalue weighted by Crippen LogP contribution is 2.40. The van der Waals surface area contributed by atoms with Crippen LogP contribution < -0.4 is 0 Å². The van der Waals surface area contributed by atoms with E-state index in [1.165, 1.54) is 0 Å². The lowest BCUT2D eigenvalue weighted by Crippen LogP contribution is -2.37. The molecule has 0 radical (unpaired) electrons. The minimum Gasteiger partial charge on any atom is -0.229 e. The highest BCUT2D eigenvalue weighted by atomic mass is 32.2. The van der Waals surface area contributed by atoms with Crippen molar-refractivity contribution in [1.29, 1.82) is 0 Å². The van der Waals surface area contributed by atoms with E-state index < -0.39 is 38.5 Å². The first kappa shape index (κ1) is 9.20. The van der Waals surface area contributed by atoms with Crippen molar-refractivity contribution in [3.63, 3.8) is 0 Å². The molecular formula is C11H24O2S. The van der Waals surface area contributed by atoms with E-state index in [-0.39, 0.29) is 0 Å². The van der Waals surface area contributed by atoms with Gasteiger partial charge in [0.05, 0.1) is 5.73 Å². The lowest BCUT2D eigenvalue weighted by molar-refractivity contribution is 0.123. The molecule has 86 valence electrons. The Morgan fingerprint density at radius 1 is 1.21 bits per heavy atom. The summed E-state index contributed by atoms with van der Waals surface area (Å²) < 4.78 is 47.0. The summed E-state index contributed by atoms with van der Waals surface area (Å²) in [6.45, 7) is 10.6. The van der Waals surface area contributed by atoms with Gasteiger partial charge >= 0.3 is 0 Å². The lowest BCUT2D eigenvalue weighted by Gasteiger charge is -2.40. The predicted molar refractivity (Wildman–Crippen MR) is 62.1 cm³/mol. The number of rotatable bonds is 2. The molecule has 0 rings (SSSR count). The van der Waals surface area contributed by atoms with Gasteiger partial charge < -0.3 is 0 Å². The van der Waals surface area contributed by atoms with Crippen molar-refractivity contribution in [3.8, 4) is 0 Å². The standard InChI is InChI=1S/C11H24O2S/c1-10(2,3)9(11(4,5)6)8-14(7,12)13/h9H,8H2,1-7H3/i7D,8D,9D. The van der Waals surface area contributed by atoms with Gasteiger partial charge in [-0.3, -0.25) is 0 Å². The molecule has 0 N–H and O–H groups in total. The van der Waals surface area contributed by atoms with Gasteiger partial charge in [0.1, 0.15) is 9.84 Å². The number of sulfone groups is 1. The monoisotopic (exact) mass is 223 g/mol. The van der Waals surface area contributed by atoms with Crippen molar-refractivity contribution in [3.05, 3.63) is 0 Å². The van der Waals surface area contributed by atoms with Crippen LogP contribution in [0.25, 0.3) is 0 Å². The molecule has 2 nitrogen and oxygen atoms in total. The summed E-state index contributed by atoms with van der Waals surface area (Å²) in [5.74, 6) is -1.47. The fraction of sp³-hybridized carbons (Fsp3) is 1.00. The molecule has 0 aromatic heterocycles. The molecule has 0 fully saturated rings. The summed E-state index contributed by atoms with van der Waals surface area (Å²) in [5.41, 5.74) is -2.94. The molecule has 0 aromatic carbocycles. The Hall–Kier alpha value is -0.0500. The van der Waals surface area contributed by atoms with Crippen LogP contribution in [0.4, 0.5) is 0 Å². The minimum atomic E-state index is -3.88. The fourth-order valence-electron chi connectivity index (χ4n) is 1.66. The second kappa shape index (κ2) is 3.84. The largest absolute Gasteiger partial charge is 0.229 e. The van der Waals surface area contributed by atoms with Crippen LogP contribution in [0.2, 0.25) is 0 Å². The van der Waals surface area contributed by atoms with Crippen molar-refractivity contribution in [2.24, 2.45) is 16.7 Å². The summed E-state index contributed by atoms with van der Waals surface area (Å²) in [7, 11) is -3.88. The molecule has 0 aliphatic rings. The molecule has 14 heavy (non-hydrogen) atoms. The minimum absolute atomic E-state index is 0.667. The van der Waals surface area contributed by atoms with Crippen LogP contribution >= 0.6 is 0 Å². The van der Waals surface area contributed by atoms with E-state index in [1.54, 1.807) is 41.5 Å². The number of hydrogen-bond acceptors (Lipinski definition) is 2. The van der Waals surface area contributed by atoms with E-state index >= 15 is 0 Å². The maximum atomic E-state index is 11.7. The molecule has 3 heteroatoms. The first-order chi connectivity index (χ1) is 7.22. The van der Waals surface area contributed by atoms with E-state index in [0.29, 0.717) is 0 Å². The van der Waals surface area contributed by atoms with Gasteiger partial charge in [0.25, 0.3) is 0 Å². The molecule has 0 spiro atoms. The van der Waals surface area contributed by atoms with Crippen LogP contribution in [-0.4, -0.2) is 20.4 Å². The van der Waals surface area contributed by atoms with Gasteiger partial charge in [-0.25, -0.2) is 8.42 Å². The molecule has 1 unspecified atom stereocenters. The van der Waals surface area contributed by atoms with Gasteiger partial charge in [0, 0.05) is 10.3 Å². The Kier molecular flexibility index (Phi) is 2.52. The van der Waals surface area contributed by atoms with E-state index in [1.807, 2.05) is 0 Å². The zero-order chi connectivity index (χ0) is 14.3. The van der Waals surface area contributed by atoms with Crippen molar-refractivity contribution >= 4 is 9.84 Å². The second-order valence-corrected chi connectivity index (χ2v) is 7.26. The Bertz CT molecular complexity index is 349. The zero-order valence-electron chi connectivity index (χ0n) is 13.0. The van der Waals surface area contributed by atoms with E-state index in [9.17, 15) is 8.42 Å². The normalized spacial score (nSPS) is 20.9. The van der Waals surface area contributed by atoms with Gasteiger partial charge in [-0.05, 0) is 16.7 Å². The molecule has 1 atom stereocenters. The molecular weight excluding hydrogens is 196 g/mol. The van der Waals surface area contributed by atoms with Gasteiger partial charge in [0.2, 0.25) is 0 Å². The quantitative estimate of drug-likeness (QED) is 0.721. The SMILES string of the molecule is [2H]CS(=O)(=O)C([2H])C([2H])(C(C)(C)C)C(C)(C)C. The van der Waals surface area contributed by atoms with Crippen LogP contribution in [0, 0.1) is 16.7 Å². The maximum Gasteiger partial charge on any atom is 0.147 e. The highest BCUT2D eigenvalue weighted by Gasteiger charge is 2.36. The topological polar surface area (TPSA) is 34.1 Å². The Morgan fingerprint density at radius 3 is 1.79 bits per heavy atom. The third-order valence-electron chi connectivity index (χ3n) is 1.91. The molecule has 0 heterocycles. The van der Waals surface area contributed by atoms with Crippen LogP contribution in [0.1, 0.15) is 45.7 Å². The average Bonchev–Trinajstić information content (AvgIpc) is 2.11. The molecule has 0 aromatic rings. The lowest BCUT2D eigenvalue weighted by atomic mass is 9.68. The first-order valence-electron chi connectivity index (χ1n) is 6.43. The van der Waals surface area contributed by atoms with Crippen LogP contribution in [0.15, 0.2) is 0 Å². The van der Waals surface area contributed by atoms with Gasteiger partial charge in [-0.1, -0.05) is 41.5 Å². The average molecular weight is 223 g/mol. The maximum absolute atomic E-state index is 11.7. The van der Waals surface area contributed by atoms with Gasteiger partial charge in [-0.15, -0.1) is 0 Å². The molecule has 0 aliphatic heterocycles. The molecule has 0 amide bonds. The van der Waals surface area contributed by atoms with Crippen LogP contribution in [-0.2, 0) is 9.84 Å². The predicted octanol–water partition coefficient (Wildman–Crippen LogP) is 2.74. The van der Waals surface area contributed by atoms with Crippen molar-refractivity contribution in [1.82, 2.24) is 0 Å². The third kappa shape index (κ3) is 4.99. The second-order valence-electron chi connectivity index (χ2n) is 5.69. The Balaban J connectivity index is 5.87. The first-order valence-corrected chi connectivity index (χ1v) is 6.36. The summed E-state index contributed by atoms with van der Waals surface area (Å²) in [6.07, 6.45) is -0.839. The van der Waals surface area contributed by atoms with Crippen LogP contribution in [0.5, 0.6) is 0 Å². The number of hydrogen-bond donors (Lipinski definition) is 0. The van der Waals surface area contributed by atoms with Crippen LogP contribution in [0.3, 0.4) is 0 Å². The molecule has 0 saturated heterocycles. The fourth-order valence-corrected chi connectivity index (χ4v) is 2.72. The summed E-state index contributed by atoms with van der Waals surface area (Å²) >= 11 is 0. The van der Waals surface area contributed by atoms with E-state index in [0.717, 1.165) is 0 Å². The summed E-state index contributed by atoms with van der Waals surface area (Å²) in [4.78, 5) is 0. The van der Waals surface area contributed by atoms with Gasteiger partial charge in [0.15, 0.2) is 0 Å². The molecule has 0 bridgehead atoms. The summed E-state index contributed by atoms with van der Waals surface area (Å²) in [6, 6.07) is 0.